The van der Waals surface area contributed by atoms with Crippen molar-refractivity contribution in [2.75, 3.05) is 12.4 Å². The van der Waals surface area contributed by atoms with Gasteiger partial charge >= 0.3 is 0 Å². The van der Waals surface area contributed by atoms with E-state index < -0.39 is 0 Å². The Balaban J connectivity index is 2.19. The van der Waals surface area contributed by atoms with Crippen molar-refractivity contribution < 1.29 is 4.79 Å². The number of hydrogen-bond acceptors (Lipinski definition) is 1. The maximum Gasteiger partial charge on any atom is 0.254 e. The first-order valence-corrected chi connectivity index (χ1v) is 7.09. The largest absolute Gasteiger partial charge is 0.334 e. The van der Waals surface area contributed by atoms with Crippen molar-refractivity contribution >= 4 is 33.4 Å². The summed E-state index contributed by atoms with van der Waals surface area (Å²) in [5, 5.41) is 0. The molecule has 1 aliphatic carbocycles. The highest BCUT2D eigenvalue weighted by Gasteiger charge is 2.32. The molecule has 0 heterocycles. The molecule has 0 bridgehead atoms. The van der Waals surface area contributed by atoms with Gasteiger partial charge in [-0.1, -0.05) is 15.9 Å². The molecule has 1 aromatic rings. The third kappa shape index (κ3) is 3.02. The molecule has 1 aliphatic rings. The van der Waals surface area contributed by atoms with E-state index in [0.29, 0.717) is 18.5 Å². The van der Waals surface area contributed by atoms with E-state index in [1.54, 1.807) is 0 Å². The minimum Gasteiger partial charge on any atom is -0.334 e. The standard InChI is InChI=1S/C13H15BrClNO/c1-9-8-10(2-5-12(9)14)13(17)16(7-6-15)11-3-4-11/h2,5,8,11H,3-4,6-7H2,1H3. The highest BCUT2D eigenvalue weighted by atomic mass is 79.9. The number of halogens is 2. The molecule has 0 N–H and O–H groups in total. The van der Waals surface area contributed by atoms with Crippen molar-refractivity contribution in [1.82, 2.24) is 4.90 Å². The predicted molar refractivity (Wildman–Crippen MR) is 73.7 cm³/mol. The summed E-state index contributed by atoms with van der Waals surface area (Å²) in [5.74, 6) is 0.598. The van der Waals surface area contributed by atoms with E-state index in [4.69, 9.17) is 11.6 Å². The zero-order chi connectivity index (χ0) is 12.4. The molecule has 17 heavy (non-hydrogen) atoms. The van der Waals surface area contributed by atoms with Gasteiger partial charge < -0.3 is 4.90 Å². The molecule has 1 aromatic carbocycles. The van der Waals surface area contributed by atoms with Crippen LogP contribution < -0.4 is 0 Å². The lowest BCUT2D eigenvalue weighted by atomic mass is 10.1. The lowest BCUT2D eigenvalue weighted by Crippen LogP contribution is -2.34. The number of nitrogens with zero attached hydrogens (tertiary/aromatic N) is 1. The van der Waals surface area contributed by atoms with Crippen LogP contribution in [0.15, 0.2) is 22.7 Å². The Morgan fingerprint density at radius 1 is 1.53 bits per heavy atom. The molecule has 0 saturated heterocycles. The summed E-state index contributed by atoms with van der Waals surface area (Å²) < 4.78 is 1.03. The number of hydrogen-bond donors (Lipinski definition) is 0. The van der Waals surface area contributed by atoms with Crippen molar-refractivity contribution in [1.29, 1.82) is 0 Å². The number of benzene rings is 1. The van der Waals surface area contributed by atoms with Crippen LogP contribution in [-0.2, 0) is 0 Å². The summed E-state index contributed by atoms with van der Waals surface area (Å²) in [4.78, 5) is 14.2. The Morgan fingerprint density at radius 2 is 2.24 bits per heavy atom. The molecule has 0 aliphatic heterocycles. The number of amides is 1. The lowest BCUT2D eigenvalue weighted by Gasteiger charge is -2.21. The summed E-state index contributed by atoms with van der Waals surface area (Å²) in [6.07, 6.45) is 2.22. The zero-order valence-corrected chi connectivity index (χ0v) is 12.1. The molecule has 1 fully saturated rings. The Bertz CT molecular complexity index is 431. The first kappa shape index (κ1) is 12.9. The highest BCUT2D eigenvalue weighted by Crippen LogP contribution is 2.28. The summed E-state index contributed by atoms with van der Waals surface area (Å²) in [5.41, 5.74) is 1.83. The minimum atomic E-state index is 0.101. The topological polar surface area (TPSA) is 20.3 Å². The summed E-state index contributed by atoms with van der Waals surface area (Å²) in [7, 11) is 0. The molecule has 1 amide bonds. The van der Waals surface area contributed by atoms with Gasteiger partial charge in [-0.25, -0.2) is 0 Å². The van der Waals surface area contributed by atoms with Crippen LogP contribution in [0.5, 0.6) is 0 Å². The average Bonchev–Trinajstić information content (AvgIpc) is 3.13. The van der Waals surface area contributed by atoms with Gasteiger partial charge in [0, 0.05) is 28.5 Å². The number of rotatable bonds is 4. The molecule has 1 saturated carbocycles. The fourth-order valence-electron chi connectivity index (χ4n) is 1.87. The quantitative estimate of drug-likeness (QED) is 0.777. The molecule has 92 valence electrons. The van der Waals surface area contributed by atoms with Crippen molar-refractivity contribution in [3.05, 3.63) is 33.8 Å². The first-order chi connectivity index (χ1) is 8.13. The summed E-state index contributed by atoms with van der Waals surface area (Å²) in [6, 6.07) is 6.12. The van der Waals surface area contributed by atoms with Gasteiger partial charge in [-0.2, -0.15) is 0 Å². The molecule has 2 rings (SSSR count). The smallest absolute Gasteiger partial charge is 0.254 e. The van der Waals surface area contributed by atoms with E-state index in [1.165, 1.54) is 0 Å². The number of carbonyl (C=O) groups excluding carboxylic acids is 1. The van der Waals surface area contributed by atoms with Crippen molar-refractivity contribution in [2.24, 2.45) is 0 Å². The number of carbonyl (C=O) groups is 1. The molecule has 0 spiro atoms. The third-order valence-corrected chi connectivity index (χ3v) is 4.04. The van der Waals surface area contributed by atoms with E-state index in [0.717, 1.165) is 28.4 Å². The molecule has 0 atom stereocenters. The first-order valence-electron chi connectivity index (χ1n) is 5.76. The maximum absolute atomic E-state index is 12.3. The Hall–Kier alpha value is -0.540. The van der Waals surface area contributed by atoms with Crippen LogP contribution in [0.4, 0.5) is 0 Å². The Morgan fingerprint density at radius 3 is 2.76 bits per heavy atom. The van der Waals surface area contributed by atoms with Gasteiger partial charge in [0.2, 0.25) is 0 Å². The molecular weight excluding hydrogens is 302 g/mol. The molecular formula is C13H15BrClNO. The molecule has 4 heteroatoms. The maximum atomic E-state index is 12.3. The van der Waals surface area contributed by atoms with E-state index >= 15 is 0 Å². The van der Waals surface area contributed by atoms with Crippen molar-refractivity contribution in [3.63, 3.8) is 0 Å². The third-order valence-electron chi connectivity index (χ3n) is 2.98. The van der Waals surface area contributed by atoms with Gasteiger partial charge in [-0.15, -0.1) is 11.6 Å². The molecule has 2 nitrogen and oxygen atoms in total. The van der Waals surface area contributed by atoms with Crippen molar-refractivity contribution in [2.45, 2.75) is 25.8 Å². The van der Waals surface area contributed by atoms with Crippen LogP contribution in [0.3, 0.4) is 0 Å². The Labute approximate surface area is 115 Å². The van der Waals surface area contributed by atoms with Gasteiger partial charge in [-0.05, 0) is 43.5 Å². The fourth-order valence-corrected chi connectivity index (χ4v) is 2.30. The normalized spacial score (nSPS) is 14.8. The van der Waals surface area contributed by atoms with Crippen LogP contribution in [0, 0.1) is 6.92 Å². The summed E-state index contributed by atoms with van der Waals surface area (Å²) in [6.45, 7) is 2.63. The number of alkyl halides is 1. The van der Waals surface area contributed by atoms with E-state index in [9.17, 15) is 4.79 Å². The second-order valence-electron chi connectivity index (χ2n) is 4.38. The molecule has 0 aromatic heterocycles. The Kier molecular flexibility index (Phi) is 4.10. The zero-order valence-electron chi connectivity index (χ0n) is 9.75. The molecule has 0 radical (unpaired) electrons. The van der Waals surface area contributed by atoms with Crippen LogP contribution in [0.25, 0.3) is 0 Å². The molecule has 0 unspecified atom stereocenters. The van der Waals surface area contributed by atoms with Gasteiger partial charge in [-0.3, -0.25) is 4.79 Å². The second kappa shape index (κ2) is 5.40. The minimum absolute atomic E-state index is 0.101. The number of aryl methyl sites for hydroxylation is 1. The van der Waals surface area contributed by atoms with Crippen LogP contribution >= 0.6 is 27.5 Å². The van der Waals surface area contributed by atoms with Gasteiger partial charge in [0.1, 0.15) is 0 Å². The van der Waals surface area contributed by atoms with Crippen LogP contribution in [0.2, 0.25) is 0 Å². The van der Waals surface area contributed by atoms with Crippen LogP contribution in [0.1, 0.15) is 28.8 Å². The van der Waals surface area contributed by atoms with E-state index in [-0.39, 0.29) is 5.91 Å². The van der Waals surface area contributed by atoms with Gasteiger partial charge in [0.05, 0.1) is 0 Å². The SMILES string of the molecule is Cc1cc(C(=O)N(CCCl)C2CC2)ccc1Br. The van der Waals surface area contributed by atoms with Gasteiger partial charge in [0.15, 0.2) is 0 Å². The van der Waals surface area contributed by atoms with E-state index in [2.05, 4.69) is 15.9 Å². The lowest BCUT2D eigenvalue weighted by molar-refractivity contribution is 0.0753. The average molecular weight is 317 g/mol. The predicted octanol–water partition coefficient (Wildman–Crippen LogP) is 3.60. The fraction of sp³-hybridized carbons (Fsp3) is 0.462. The van der Waals surface area contributed by atoms with Gasteiger partial charge in [0.25, 0.3) is 5.91 Å². The van der Waals surface area contributed by atoms with E-state index in [1.807, 2.05) is 30.0 Å². The second-order valence-corrected chi connectivity index (χ2v) is 5.61. The van der Waals surface area contributed by atoms with Crippen LogP contribution in [-0.4, -0.2) is 29.3 Å². The van der Waals surface area contributed by atoms with Crippen molar-refractivity contribution in [3.8, 4) is 0 Å². The highest BCUT2D eigenvalue weighted by molar-refractivity contribution is 9.10. The monoisotopic (exact) mass is 315 g/mol. The summed E-state index contributed by atoms with van der Waals surface area (Å²) >= 11 is 9.20.